The second-order valence-electron chi connectivity index (χ2n) is 4.79. The Labute approximate surface area is 104 Å². The highest BCUT2D eigenvalue weighted by molar-refractivity contribution is 9.10. The molecule has 16 heavy (non-hydrogen) atoms. The molecule has 0 unspecified atom stereocenters. The van der Waals surface area contributed by atoms with Crippen LogP contribution in [0, 0.1) is 13.8 Å². The molecule has 0 spiro atoms. The summed E-state index contributed by atoms with van der Waals surface area (Å²) < 4.78 is 1.06. The Morgan fingerprint density at radius 1 is 1.44 bits per heavy atom. The molecular weight excluding hydrogens is 268 g/mol. The van der Waals surface area contributed by atoms with E-state index in [4.69, 9.17) is 5.11 Å². The van der Waals surface area contributed by atoms with Gasteiger partial charge in [-0.1, -0.05) is 22.0 Å². The summed E-state index contributed by atoms with van der Waals surface area (Å²) in [7, 11) is 0. The van der Waals surface area contributed by atoms with Crippen molar-refractivity contribution in [2.24, 2.45) is 0 Å². The Morgan fingerprint density at radius 3 is 2.50 bits per heavy atom. The number of hydrogen-bond acceptors (Lipinski definition) is 1. The van der Waals surface area contributed by atoms with Crippen molar-refractivity contribution >= 4 is 21.9 Å². The molecule has 0 bridgehead atoms. The first kappa shape index (κ1) is 11.6. The van der Waals surface area contributed by atoms with Gasteiger partial charge >= 0.3 is 5.97 Å². The minimum absolute atomic E-state index is 0.109. The summed E-state index contributed by atoms with van der Waals surface area (Å²) in [5.41, 5.74) is 3.49. The largest absolute Gasteiger partial charge is 0.481 e. The molecule has 1 aliphatic rings. The molecule has 1 saturated carbocycles. The SMILES string of the molecule is Cc1cc(C)c(C2(CC(=O)O)CC2)c(Br)c1. The highest BCUT2D eigenvalue weighted by Gasteiger charge is 2.47. The molecule has 1 fully saturated rings. The lowest BCUT2D eigenvalue weighted by Gasteiger charge is -2.18. The first-order valence-corrected chi connectivity index (χ1v) is 6.23. The summed E-state index contributed by atoms with van der Waals surface area (Å²) in [6.45, 7) is 4.12. The van der Waals surface area contributed by atoms with E-state index >= 15 is 0 Å². The number of carboxylic acids is 1. The molecule has 1 aromatic carbocycles. The lowest BCUT2D eigenvalue weighted by molar-refractivity contribution is -0.137. The predicted octanol–water partition coefficient (Wildman–Crippen LogP) is 3.57. The average molecular weight is 283 g/mol. The Morgan fingerprint density at radius 2 is 2.06 bits per heavy atom. The van der Waals surface area contributed by atoms with E-state index in [0.717, 1.165) is 17.3 Å². The van der Waals surface area contributed by atoms with Gasteiger partial charge in [0.25, 0.3) is 0 Å². The minimum atomic E-state index is -0.704. The summed E-state index contributed by atoms with van der Waals surface area (Å²) >= 11 is 3.57. The maximum absolute atomic E-state index is 10.9. The number of halogens is 1. The molecule has 0 radical (unpaired) electrons. The summed E-state index contributed by atoms with van der Waals surface area (Å²) in [5, 5.41) is 8.97. The van der Waals surface area contributed by atoms with Gasteiger partial charge in [0.1, 0.15) is 0 Å². The van der Waals surface area contributed by atoms with Gasteiger partial charge in [0.2, 0.25) is 0 Å². The number of rotatable bonds is 3. The van der Waals surface area contributed by atoms with Crippen molar-refractivity contribution in [1.29, 1.82) is 0 Å². The van der Waals surface area contributed by atoms with Crippen LogP contribution in [-0.2, 0) is 10.2 Å². The number of benzene rings is 1. The van der Waals surface area contributed by atoms with Crippen molar-refractivity contribution in [2.75, 3.05) is 0 Å². The number of aliphatic carboxylic acids is 1. The van der Waals surface area contributed by atoms with E-state index in [0.29, 0.717) is 0 Å². The lowest BCUT2D eigenvalue weighted by atomic mass is 9.88. The van der Waals surface area contributed by atoms with Gasteiger partial charge in [0.05, 0.1) is 6.42 Å². The smallest absolute Gasteiger partial charge is 0.304 e. The van der Waals surface area contributed by atoms with Crippen LogP contribution in [0.4, 0.5) is 0 Å². The number of hydrogen-bond donors (Lipinski definition) is 1. The van der Waals surface area contributed by atoms with Crippen molar-refractivity contribution in [3.05, 3.63) is 33.3 Å². The van der Waals surface area contributed by atoms with E-state index in [2.05, 4.69) is 41.9 Å². The third-order valence-electron chi connectivity index (χ3n) is 3.31. The quantitative estimate of drug-likeness (QED) is 0.920. The second kappa shape index (κ2) is 3.88. The zero-order valence-electron chi connectivity index (χ0n) is 9.51. The molecule has 0 aromatic heterocycles. The molecule has 0 saturated heterocycles. The van der Waals surface area contributed by atoms with Crippen molar-refractivity contribution < 1.29 is 9.90 Å². The van der Waals surface area contributed by atoms with Crippen LogP contribution in [0.1, 0.15) is 36.0 Å². The van der Waals surface area contributed by atoms with Gasteiger partial charge in [-0.05, 0) is 49.4 Å². The molecule has 0 atom stereocenters. The van der Waals surface area contributed by atoms with Crippen LogP contribution < -0.4 is 0 Å². The zero-order chi connectivity index (χ0) is 11.9. The summed E-state index contributed by atoms with van der Waals surface area (Å²) in [4.78, 5) is 10.9. The number of carbonyl (C=O) groups is 1. The van der Waals surface area contributed by atoms with Crippen molar-refractivity contribution in [3.8, 4) is 0 Å². The molecule has 0 aliphatic heterocycles. The topological polar surface area (TPSA) is 37.3 Å². The summed E-state index contributed by atoms with van der Waals surface area (Å²) in [6.07, 6.45) is 2.22. The fraction of sp³-hybridized carbons (Fsp3) is 0.462. The molecule has 1 N–H and O–H groups in total. The van der Waals surface area contributed by atoms with Crippen LogP contribution in [0.15, 0.2) is 16.6 Å². The van der Waals surface area contributed by atoms with Crippen molar-refractivity contribution in [1.82, 2.24) is 0 Å². The first-order chi connectivity index (χ1) is 7.44. The molecule has 2 nitrogen and oxygen atoms in total. The van der Waals surface area contributed by atoms with Crippen LogP contribution >= 0.6 is 15.9 Å². The monoisotopic (exact) mass is 282 g/mol. The fourth-order valence-electron chi connectivity index (χ4n) is 2.54. The zero-order valence-corrected chi connectivity index (χ0v) is 11.1. The maximum Gasteiger partial charge on any atom is 0.304 e. The minimum Gasteiger partial charge on any atom is -0.481 e. The number of aryl methyl sites for hydroxylation is 2. The van der Waals surface area contributed by atoms with Gasteiger partial charge in [-0.2, -0.15) is 0 Å². The third-order valence-corrected chi connectivity index (χ3v) is 3.93. The van der Waals surface area contributed by atoms with E-state index in [9.17, 15) is 4.79 Å². The van der Waals surface area contributed by atoms with Gasteiger partial charge in [-0.15, -0.1) is 0 Å². The van der Waals surface area contributed by atoms with Crippen molar-refractivity contribution in [3.63, 3.8) is 0 Å². The Hall–Kier alpha value is -0.830. The maximum atomic E-state index is 10.9. The van der Waals surface area contributed by atoms with E-state index in [1.54, 1.807) is 0 Å². The van der Waals surface area contributed by atoms with Crippen molar-refractivity contribution in [2.45, 2.75) is 38.5 Å². The number of carboxylic acid groups (broad SMARTS) is 1. The van der Waals surface area contributed by atoms with Gasteiger partial charge in [-0.25, -0.2) is 0 Å². The highest BCUT2D eigenvalue weighted by atomic mass is 79.9. The van der Waals surface area contributed by atoms with Crippen LogP contribution in [0.2, 0.25) is 0 Å². The molecule has 3 heteroatoms. The molecular formula is C13H15BrO2. The van der Waals surface area contributed by atoms with E-state index in [1.807, 2.05) is 0 Å². The predicted molar refractivity (Wildman–Crippen MR) is 66.8 cm³/mol. The Balaban J connectivity index is 2.44. The Kier molecular flexibility index (Phi) is 2.82. The third kappa shape index (κ3) is 2.01. The average Bonchev–Trinajstić information content (AvgIpc) is 2.81. The van der Waals surface area contributed by atoms with E-state index < -0.39 is 5.97 Å². The van der Waals surface area contributed by atoms with Gasteiger partial charge in [0, 0.05) is 9.89 Å². The molecule has 2 rings (SSSR count). The van der Waals surface area contributed by atoms with Crippen LogP contribution in [0.5, 0.6) is 0 Å². The standard InChI is InChI=1S/C13H15BrO2/c1-8-5-9(2)12(10(14)6-8)13(3-4-13)7-11(15)16/h5-6H,3-4,7H2,1-2H3,(H,15,16). The van der Waals surface area contributed by atoms with Crippen LogP contribution in [0.25, 0.3) is 0 Å². The molecule has 86 valence electrons. The normalized spacial score (nSPS) is 17.2. The molecule has 1 aromatic rings. The first-order valence-electron chi connectivity index (χ1n) is 5.44. The van der Waals surface area contributed by atoms with Crippen LogP contribution in [-0.4, -0.2) is 11.1 Å². The molecule has 0 amide bonds. The lowest BCUT2D eigenvalue weighted by Crippen LogP contribution is -2.15. The second-order valence-corrected chi connectivity index (χ2v) is 5.64. The van der Waals surface area contributed by atoms with Gasteiger partial charge < -0.3 is 5.11 Å². The molecule has 0 heterocycles. The van der Waals surface area contributed by atoms with Gasteiger partial charge in [-0.3, -0.25) is 4.79 Å². The van der Waals surface area contributed by atoms with Crippen LogP contribution in [0.3, 0.4) is 0 Å². The molecule has 1 aliphatic carbocycles. The van der Waals surface area contributed by atoms with E-state index in [-0.39, 0.29) is 11.8 Å². The summed E-state index contributed by atoms with van der Waals surface area (Å²) in [5.74, 6) is -0.704. The fourth-order valence-corrected chi connectivity index (χ4v) is 3.64. The summed E-state index contributed by atoms with van der Waals surface area (Å²) in [6, 6.07) is 4.20. The Bertz CT molecular complexity index is 424. The highest BCUT2D eigenvalue weighted by Crippen LogP contribution is 2.54. The van der Waals surface area contributed by atoms with E-state index in [1.165, 1.54) is 16.7 Å². The van der Waals surface area contributed by atoms with Gasteiger partial charge in [0.15, 0.2) is 0 Å².